The van der Waals surface area contributed by atoms with Crippen LogP contribution in [0.3, 0.4) is 0 Å². The molecule has 17 nitrogen and oxygen atoms in total. The third-order valence-electron chi connectivity index (χ3n) is 12.1. The molecule has 1 spiro atoms. The highest BCUT2D eigenvalue weighted by Gasteiger charge is 2.35. The molecule has 6 aromatic rings. The topological polar surface area (TPSA) is 225 Å². The number of allylic oxidation sites excluding steroid dienone is 2. The van der Waals surface area contributed by atoms with Crippen molar-refractivity contribution < 1.29 is 37.5 Å². The van der Waals surface area contributed by atoms with Gasteiger partial charge >= 0.3 is 0 Å². The quantitative estimate of drug-likeness (QED) is 0.0981. The zero-order chi connectivity index (χ0) is 44.4. The minimum Gasteiger partial charge on any atom is -0.491 e. The fraction of sp³-hybridized carbons (Fsp3) is 0.435. The second-order valence-electron chi connectivity index (χ2n) is 16.7. The van der Waals surface area contributed by atoms with Gasteiger partial charge in [0.15, 0.2) is 11.8 Å². The van der Waals surface area contributed by atoms with Gasteiger partial charge in [0.2, 0.25) is 29.3 Å². The van der Waals surface area contributed by atoms with Crippen LogP contribution in [0, 0.1) is 25.2 Å². The standard InChI is InChI=1S/C46H53N9O8/c1-6-31-39(62-27(4)48-31)42(58)52-44-50-33-19-29(23-56)20-35-37(33)54(44)17-10-11-18-55-38-34(51-45(55)53-43(59)40-32(7-2)49-28(5)63-40)21-30(41(47)57)22-36(38)61-25-46(24-60-35)15-9-8-13-26(3)14-12-16-46/h10-11,19-23,26H,6-9,12-18,24-25H2,1-5H3,(H2,47,57)(H,50,52,58)(H,51,53,59)/b11-10+. The highest BCUT2D eigenvalue weighted by molar-refractivity contribution is 6.05. The molecule has 1 aliphatic heterocycles. The lowest BCUT2D eigenvalue weighted by molar-refractivity contribution is 0.0591. The molecule has 2 aliphatic rings. The number of nitrogens with two attached hydrogens (primary N) is 1. The van der Waals surface area contributed by atoms with Crippen molar-refractivity contribution in [3.8, 4) is 11.5 Å². The van der Waals surface area contributed by atoms with Crippen LogP contribution in [-0.2, 0) is 25.9 Å². The summed E-state index contributed by atoms with van der Waals surface area (Å²) in [5, 5.41) is 5.88. The van der Waals surface area contributed by atoms with Crippen LogP contribution in [0.2, 0.25) is 0 Å². The summed E-state index contributed by atoms with van der Waals surface area (Å²) in [5.74, 6) is 0.942. The van der Waals surface area contributed by atoms with Crippen molar-refractivity contribution in [2.24, 2.45) is 17.1 Å². The number of imidazole rings is 2. The number of nitrogens with one attached hydrogen (secondary N) is 2. The van der Waals surface area contributed by atoms with Gasteiger partial charge in [0.25, 0.3) is 11.8 Å². The number of oxazole rings is 2. The Morgan fingerprint density at radius 3 is 1.83 bits per heavy atom. The van der Waals surface area contributed by atoms with E-state index in [1.807, 2.05) is 30.6 Å². The Balaban J connectivity index is 1.28. The summed E-state index contributed by atoms with van der Waals surface area (Å²) in [6, 6.07) is 6.58. The maximum Gasteiger partial charge on any atom is 0.295 e. The normalized spacial score (nSPS) is 18.9. The van der Waals surface area contributed by atoms with Gasteiger partial charge in [-0.2, -0.15) is 0 Å². The third kappa shape index (κ3) is 8.81. The summed E-state index contributed by atoms with van der Waals surface area (Å²) in [7, 11) is 0. The molecule has 0 saturated heterocycles. The van der Waals surface area contributed by atoms with Gasteiger partial charge in [0.05, 0.1) is 35.6 Å². The van der Waals surface area contributed by atoms with Crippen LogP contribution in [-0.4, -0.2) is 66.3 Å². The smallest absolute Gasteiger partial charge is 0.295 e. The summed E-state index contributed by atoms with van der Waals surface area (Å²) >= 11 is 0. The molecule has 4 N–H and O–H groups in total. The molecule has 2 atom stereocenters. The molecular formula is C46H53N9O8. The number of carbonyl (C=O) groups is 4. The van der Waals surface area contributed by atoms with Gasteiger partial charge in [0, 0.05) is 43.5 Å². The number of aromatic nitrogens is 6. The first-order valence-corrected chi connectivity index (χ1v) is 21.7. The molecule has 8 rings (SSSR count). The van der Waals surface area contributed by atoms with E-state index >= 15 is 0 Å². The summed E-state index contributed by atoms with van der Waals surface area (Å²) in [5.41, 5.74) is 8.89. The van der Waals surface area contributed by atoms with E-state index in [1.54, 1.807) is 42.7 Å². The van der Waals surface area contributed by atoms with Crippen LogP contribution < -0.4 is 25.8 Å². The number of rotatable bonds is 8. The molecule has 3 amide bonds. The maximum absolute atomic E-state index is 13.8. The van der Waals surface area contributed by atoms with Crippen LogP contribution in [0.4, 0.5) is 11.9 Å². The van der Waals surface area contributed by atoms with Gasteiger partial charge in [-0.05, 0) is 55.9 Å². The molecule has 4 aromatic heterocycles. The van der Waals surface area contributed by atoms with E-state index in [4.69, 9.17) is 34.0 Å². The molecule has 17 heteroatoms. The van der Waals surface area contributed by atoms with Crippen molar-refractivity contribution in [3.63, 3.8) is 0 Å². The lowest BCUT2D eigenvalue weighted by atomic mass is 9.80. The first kappa shape index (κ1) is 42.9. The predicted molar refractivity (Wildman–Crippen MR) is 235 cm³/mol. The van der Waals surface area contributed by atoms with E-state index in [0.29, 0.717) is 81.1 Å². The Hall–Kier alpha value is -6.78. The molecule has 0 bridgehead atoms. The van der Waals surface area contributed by atoms with Crippen LogP contribution >= 0.6 is 0 Å². The number of aldehydes is 1. The lowest BCUT2D eigenvalue weighted by Gasteiger charge is -2.34. The Labute approximate surface area is 363 Å². The fourth-order valence-corrected chi connectivity index (χ4v) is 8.79. The van der Waals surface area contributed by atoms with E-state index < -0.39 is 23.1 Å². The molecule has 2 aromatic carbocycles. The van der Waals surface area contributed by atoms with E-state index in [0.717, 1.165) is 51.2 Å². The molecule has 1 aliphatic carbocycles. The number of aryl methyl sites for hydroxylation is 4. The summed E-state index contributed by atoms with van der Waals surface area (Å²) in [4.78, 5) is 71.2. The van der Waals surface area contributed by atoms with Crippen molar-refractivity contribution in [2.75, 3.05) is 23.8 Å². The number of primary amides is 1. The first-order valence-electron chi connectivity index (χ1n) is 21.7. The summed E-state index contributed by atoms with van der Waals surface area (Å²) in [6.07, 6.45) is 12.1. The molecule has 5 heterocycles. The number of ether oxygens (including phenoxy) is 2. The van der Waals surface area contributed by atoms with Crippen LogP contribution in [0.15, 0.2) is 45.3 Å². The molecule has 0 radical (unpaired) electrons. The fourth-order valence-electron chi connectivity index (χ4n) is 8.79. The number of amides is 3. The molecule has 1 saturated carbocycles. The minimum atomic E-state index is -0.659. The Morgan fingerprint density at radius 2 is 1.29 bits per heavy atom. The van der Waals surface area contributed by atoms with Crippen LogP contribution in [0.1, 0.15) is 131 Å². The molecule has 1 fully saturated rings. The van der Waals surface area contributed by atoms with Crippen molar-refractivity contribution in [3.05, 3.63) is 82.2 Å². The molecule has 2 unspecified atom stereocenters. The first-order chi connectivity index (χ1) is 30.4. The van der Waals surface area contributed by atoms with Crippen LogP contribution in [0.25, 0.3) is 22.1 Å². The molecular weight excluding hydrogens is 807 g/mol. The Morgan fingerprint density at radius 1 is 0.762 bits per heavy atom. The van der Waals surface area contributed by atoms with Gasteiger partial charge in [-0.25, -0.2) is 19.9 Å². The SMILES string of the molecule is CCc1nc(C)oc1C(=O)Nc1nc2cc(C=O)cc3c2n1C/C=C/Cn1c(NC(=O)c2oc(C)nc2CC)nc2cc(C(N)=O)cc(c21)OCC1(CCCCC(C)CCC1)CO3. The number of carbonyl (C=O) groups excluding carboxylic acids is 4. The Bertz CT molecular complexity index is 2760. The monoisotopic (exact) mass is 859 g/mol. The van der Waals surface area contributed by atoms with Crippen molar-refractivity contribution in [1.29, 1.82) is 0 Å². The Kier molecular flexibility index (Phi) is 12.2. The number of benzene rings is 2. The third-order valence-corrected chi connectivity index (χ3v) is 12.1. The van der Waals surface area contributed by atoms with Gasteiger partial charge in [0.1, 0.15) is 28.8 Å². The number of nitrogens with zero attached hydrogens (tertiary/aromatic N) is 6. The van der Waals surface area contributed by atoms with Crippen molar-refractivity contribution in [1.82, 2.24) is 29.1 Å². The van der Waals surface area contributed by atoms with Gasteiger partial charge in [-0.15, -0.1) is 0 Å². The molecule has 63 heavy (non-hydrogen) atoms. The van der Waals surface area contributed by atoms with E-state index in [9.17, 15) is 19.2 Å². The number of hydrogen-bond donors (Lipinski definition) is 3. The predicted octanol–water partition coefficient (Wildman–Crippen LogP) is 7.91. The van der Waals surface area contributed by atoms with Crippen LogP contribution in [0.5, 0.6) is 11.5 Å². The van der Waals surface area contributed by atoms with Gasteiger partial charge < -0.3 is 33.2 Å². The average molecular weight is 860 g/mol. The number of hydrogen-bond acceptors (Lipinski definition) is 12. The minimum absolute atomic E-state index is 0.0787. The zero-order valence-corrected chi connectivity index (χ0v) is 36.3. The van der Waals surface area contributed by atoms with E-state index in [-0.39, 0.29) is 55.3 Å². The summed E-state index contributed by atoms with van der Waals surface area (Å²) in [6.45, 7) is 10.3. The lowest BCUT2D eigenvalue weighted by Crippen LogP contribution is -2.35. The highest BCUT2D eigenvalue weighted by Crippen LogP contribution is 2.40. The van der Waals surface area contributed by atoms with Crippen molar-refractivity contribution >= 4 is 58.0 Å². The molecule has 330 valence electrons. The zero-order valence-electron chi connectivity index (χ0n) is 36.3. The van der Waals surface area contributed by atoms with Gasteiger partial charge in [-0.3, -0.25) is 29.8 Å². The van der Waals surface area contributed by atoms with Gasteiger partial charge in [-0.1, -0.05) is 65.0 Å². The average Bonchev–Trinajstić information content (AvgIpc) is 4.04. The van der Waals surface area contributed by atoms with Crippen molar-refractivity contribution in [2.45, 2.75) is 105 Å². The second kappa shape index (κ2) is 17.9. The number of anilines is 2. The highest BCUT2D eigenvalue weighted by atomic mass is 16.5. The maximum atomic E-state index is 13.8. The largest absolute Gasteiger partial charge is 0.491 e. The summed E-state index contributed by atoms with van der Waals surface area (Å²) < 4.78 is 28.8. The second-order valence-corrected chi connectivity index (χ2v) is 16.7. The van der Waals surface area contributed by atoms with E-state index in [2.05, 4.69) is 27.5 Å². The van der Waals surface area contributed by atoms with E-state index in [1.165, 1.54) is 0 Å².